The summed E-state index contributed by atoms with van der Waals surface area (Å²) in [6, 6.07) is 0. The summed E-state index contributed by atoms with van der Waals surface area (Å²) in [6.45, 7) is 5.00. The molecule has 0 aliphatic heterocycles. The second-order valence-corrected chi connectivity index (χ2v) is 2.74. The van der Waals surface area contributed by atoms with Gasteiger partial charge in [0, 0.05) is 5.88 Å². The minimum atomic E-state index is 0.556. The highest BCUT2D eigenvalue weighted by Crippen LogP contribution is 1.95. The predicted octanol–water partition coefficient (Wildman–Crippen LogP) is 1.88. The molecule has 0 saturated heterocycles. The first kappa shape index (κ1) is 14.5. The standard InChI is InChI=1S/C6H16N2.C3H5Cl/c7-5-3-1-2-4-6-8;1-2-3-4/h1-8H2;2H,1,3H2. The number of unbranched alkanes of at least 4 members (excludes halogenated alkanes) is 3. The van der Waals surface area contributed by atoms with Crippen LogP contribution in [-0.4, -0.2) is 19.0 Å². The molecular formula is C9H21ClN2. The molecule has 0 amide bonds. The van der Waals surface area contributed by atoms with E-state index in [2.05, 4.69) is 6.58 Å². The van der Waals surface area contributed by atoms with Crippen LogP contribution in [0.2, 0.25) is 0 Å². The average molecular weight is 193 g/mol. The number of halogens is 1. The monoisotopic (exact) mass is 192 g/mol. The molecule has 3 heteroatoms. The SMILES string of the molecule is C=CCCl.NCCCCCCN. The van der Waals surface area contributed by atoms with Crippen LogP contribution in [0.15, 0.2) is 12.7 Å². The Labute approximate surface area is 81.0 Å². The van der Waals surface area contributed by atoms with Gasteiger partial charge in [0.05, 0.1) is 0 Å². The Kier molecular flexibility index (Phi) is 20.7. The van der Waals surface area contributed by atoms with E-state index < -0.39 is 0 Å². The van der Waals surface area contributed by atoms with Gasteiger partial charge in [-0.25, -0.2) is 0 Å². The number of alkyl halides is 1. The second-order valence-electron chi connectivity index (χ2n) is 2.43. The van der Waals surface area contributed by atoms with Crippen LogP contribution in [0.1, 0.15) is 25.7 Å². The average Bonchev–Trinajstić information content (AvgIpc) is 2.13. The minimum Gasteiger partial charge on any atom is -0.330 e. The van der Waals surface area contributed by atoms with Gasteiger partial charge in [0.2, 0.25) is 0 Å². The third kappa shape index (κ3) is 22.5. The summed E-state index contributed by atoms with van der Waals surface area (Å²) in [5.41, 5.74) is 10.6. The predicted molar refractivity (Wildman–Crippen MR) is 57.5 cm³/mol. The summed E-state index contributed by atoms with van der Waals surface area (Å²) in [6.07, 6.45) is 6.43. The van der Waals surface area contributed by atoms with Gasteiger partial charge in [0.1, 0.15) is 0 Å². The van der Waals surface area contributed by atoms with Gasteiger partial charge in [-0.2, -0.15) is 0 Å². The zero-order valence-electron chi connectivity index (χ0n) is 7.77. The van der Waals surface area contributed by atoms with E-state index in [9.17, 15) is 0 Å². The van der Waals surface area contributed by atoms with Crippen molar-refractivity contribution in [2.75, 3.05) is 19.0 Å². The first-order valence-corrected chi connectivity index (χ1v) is 4.93. The molecule has 0 radical (unpaired) electrons. The highest BCUT2D eigenvalue weighted by Gasteiger charge is 1.83. The maximum Gasteiger partial charge on any atom is 0.0401 e. The summed E-state index contributed by atoms with van der Waals surface area (Å²) in [4.78, 5) is 0. The van der Waals surface area contributed by atoms with Crippen molar-refractivity contribution in [2.24, 2.45) is 11.5 Å². The van der Waals surface area contributed by atoms with Crippen LogP contribution in [0.25, 0.3) is 0 Å². The zero-order chi connectivity index (χ0) is 9.66. The molecule has 12 heavy (non-hydrogen) atoms. The molecule has 0 aliphatic carbocycles. The van der Waals surface area contributed by atoms with Gasteiger partial charge < -0.3 is 11.5 Å². The van der Waals surface area contributed by atoms with E-state index in [1.54, 1.807) is 6.08 Å². The van der Waals surface area contributed by atoms with Crippen LogP contribution in [0.3, 0.4) is 0 Å². The Bertz CT molecular complexity index is 70.9. The number of rotatable bonds is 6. The lowest BCUT2D eigenvalue weighted by Crippen LogP contribution is -2.00. The fraction of sp³-hybridized carbons (Fsp3) is 0.778. The fourth-order valence-electron chi connectivity index (χ4n) is 0.642. The first-order chi connectivity index (χ1) is 5.83. The molecule has 0 bridgehead atoms. The van der Waals surface area contributed by atoms with Gasteiger partial charge in [-0.05, 0) is 25.9 Å². The summed E-state index contributed by atoms with van der Waals surface area (Å²) >= 11 is 5.07. The molecule has 2 nitrogen and oxygen atoms in total. The summed E-state index contributed by atoms with van der Waals surface area (Å²) < 4.78 is 0. The molecule has 0 aromatic rings. The van der Waals surface area contributed by atoms with Crippen LogP contribution in [-0.2, 0) is 0 Å². The third-order valence-corrected chi connectivity index (χ3v) is 1.49. The van der Waals surface area contributed by atoms with Crippen molar-refractivity contribution in [3.63, 3.8) is 0 Å². The number of hydrogen-bond acceptors (Lipinski definition) is 2. The van der Waals surface area contributed by atoms with E-state index in [0.29, 0.717) is 5.88 Å². The second kappa shape index (κ2) is 17.2. The minimum absolute atomic E-state index is 0.556. The highest BCUT2D eigenvalue weighted by molar-refractivity contribution is 6.18. The van der Waals surface area contributed by atoms with E-state index in [4.69, 9.17) is 23.1 Å². The van der Waals surface area contributed by atoms with Gasteiger partial charge in [0.15, 0.2) is 0 Å². The highest BCUT2D eigenvalue weighted by atomic mass is 35.5. The molecular weight excluding hydrogens is 172 g/mol. The van der Waals surface area contributed by atoms with Gasteiger partial charge >= 0.3 is 0 Å². The van der Waals surface area contributed by atoms with Crippen LogP contribution in [0.5, 0.6) is 0 Å². The Balaban J connectivity index is 0. The van der Waals surface area contributed by atoms with E-state index in [0.717, 1.165) is 25.9 Å². The zero-order valence-corrected chi connectivity index (χ0v) is 8.52. The summed E-state index contributed by atoms with van der Waals surface area (Å²) in [5.74, 6) is 0.556. The molecule has 0 rings (SSSR count). The molecule has 0 aliphatic rings. The number of allylic oxidation sites excluding steroid dienone is 1. The van der Waals surface area contributed by atoms with E-state index in [1.807, 2.05) is 0 Å². The first-order valence-electron chi connectivity index (χ1n) is 4.40. The van der Waals surface area contributed by atoms with Crippen molar-refractivity contribution in [3.8, 4) is 0 Å². The molecule has 0 fully saturated rings. The van der Waals surface area contributed by atoms with E-state index in [-0.39, 0.29) is 0 Å². The maximum atomic E-state index is 5.28. The van der Waals surface area contributed by atoms with E-state index in [1.165, 1.54) is 12.8 Å². The molecule has 0 heterocycles. The van der Waals surface area contributed by atoms with Gasteiger partial charge in [0.25, 0.3) is 0 Å². The largest absolute Gasteiger partial charge is 0.330 e. The molecule has 0 aromatic carbocycles. The lowest BCUT2D eigenvalue weighted by molar-refractivity contribution is 0.653. The maximum absolute atomic E-state index is 5.28. The Morgan fingerprint density at radius 1 is 1.00 bits per heavy atom. The third-order valence-electron chi connectivity index (χ3n) is 1.27. The Morgan fingerprint density at radius 2 is 1.33 bits per heavy atom. The smallest absolute Gasteiger partial charge is 0.0401 e. The molecule has 74 valence electrons. The quantitative estimate of drug-likeness (QED) is 0.384. The van der Waals surface area contributed by atoms with Crippen LogP contribution >= 0.6 is 11.6 Å². The van der Waals surface area contributed by atoms with Crippen molar-refractivity contribution in [3.05, 3.63) is 12.7 Å². The topological polar surface area (TPSA) is 52.0 Å². The van der Waals surface area contributed by atoms with Crippen molar-refractivity contribution in [1.29, 1.82) is 0 Å². The number of hydrogen-bond donors (Lipinski definition) is 2. The molecule has 0 saturated carbocycles. The fourth-order valence-corrected chi connectivity index (χ4v) is 0.642. The Morgan fingerprint density at radius 3 is 1.50 bits per heavy atom. The van der Waals surface area contributed by atoms with Crippen molar-refractivity contribution in [2.45, 2.75) is 25.7 Å². The molecule has 0 spiro atoms. The van der Waals surface area contributed by atoms with Crippen molar-refractivity contribution >= 4 is 11.6 Å². The lowest BCUT2D eigenvalue weighted by atomic mass is 10.2. The van der Waals surface area contributed by atoms with Gasteiger partial charge in [-0.3, -0.25) is 0 Å². The number of nitrogens with two attached hydrogens (primary N) is 2. The molecule has 0 aromatic heterocycles. The molecule has 4 N–H and O–H groups in total. The van der Waals surface area contributed by atoms with Crippen LogP contribution in [0, 0.1) is 0 Å². The lowest BCUT2D eigenvalue weighted by Gasteiger charge is -1.94. The summed E-state index contributed by atoms with van der Waals surface area (Å²) in [7, 11) is 0. The summed E-state index contributed by atoms with van der Waals surface area (Å²) in [5, 5.41) is 0. The molecule has 0 atom stereocenters. The van der Waals surface area contributed by atoms with Gasteiger partial charge in [-0.1, -0.05) is 18.9 Å². The normalized spacial score (nSPS) is 8.58. The van der Waals surface area contributed by atoms with Gasteiger partial charge in [-0.15, -0.1) is 18.2 Å². The van der Waals surface area contributed by atoms with E-state index >= 15 is 0 Å². The van der Waals surface area contributed by atoms with Crippen molar-refractivity contribution < 1.29 is 0 Å². The van der Waals surface area contributed by atoms with Crippen LogP contribution < -0.4 is 11.5 Å². The Hall–Kier alpha value is -0.0500. The molecule has 0 unspecified atom stereocenters. The van der Waals surface area contributed by atoms with Crippen LogP contribution in [0.4, 0.5) is 0 Å². The van der Waals surface area contributed by atoms with Crippen molar-refractivity contribution in [1.82, 2.24) is 0 Å².